The molecule has 0 aliphatic heterocycles. The average Bonchev–Trinajstić information content (AvgIpc) is 2.64. The van der Waals surface area contributed by atoms with E-state index in [2.05, 4.69) is 26.8 Å². The molecule has 0 aromatic heterocycles. The Kier molecular flexibility index (Phi) is 8.19. The van der Waals surface area contributed by atoms with Gasteiger partial charge in [-0.25, -0.2) is 4.99 Å². The zero-order valence-electron chi connectivity index (χ0n) is 14.2. The molecule has 0 amide bonds. The summed E-state index contributed by atoms with van der Waals surface area (Å²) in [6, 6.07) is 30.2. The molecule has 0 spiro atoms. The third-order valence-electron chi connectivity index (χ3n) is 3.08. The van der Waals surface area contributed by atoms with Gasteiger partial charge in [-0.1, -0.05) is 66.7 Å². The predicted molar refractivity (Wildman–Crippen MR) is 107 cm³/mol. The van der Waals surface area contributed by atoms with Crippen molar-refractivity contribution < 1.29 is 0 Å². The molecule has 0 saturated carbocycles. The zero-order chi connectivity index (χ0) is 17.0. The third kappa shape index (κ3) is 6.25. The van der Waals surface area contributed by atoms with E-state index in [-0.39, 0.29) is 22.9 Å². The van der Waals surface area contributed by atoms with Crippen molar-refractivity contribution in [2.24, 2.45) is 4.99 Å². The summed E-state index contributed by atoms with van der Waals surface area (Å²) in [6.45, 7) is 0. The summed E-state index contributed by atoms with van der Waals surface area (Å²) in [7, 11) is 0. The molecule has 2 nitrogen and oxygen atoms in total. The van der Waals surface area contributed by atoms with Crippen LogP contribution < -0.4 is 5.32 Å². The Balaban J connectivity index is 0.000000647. The fraction of sp³-hybridized carbons (Fsp3) is 0.0952. The van der Waals surface area contributed by atoms with Crippen LogP contribution in [0.1, 0.15) is 5.56 Å². The first-order chi connectivity index (χ1) is 11.8. The van der Waals surface area contributed by atoms with Crippen molar-refractivity contribution in [2.75, 3.05) is 5.32 Å². The molecule has 1 N–H and O–H groups in total. The Morgan fingerprint density at radius 2 is 1.17 bits per heavy atom. The summed E-state index contributed by atoms with van der Waals surface area (Å²) < 4.78 is 4.63. The standard InChI is InChI=1S/C19H16N2.2CH3.In/c1-4-10-16(11-5-1)19(20-17-12-6-2-7-13-17)21-18-14-8-3-9-15-18;;;/h1-15H,(H,20,21);2*1H3;. The van der Waals surface area contributed by atoms with Crippen LogP contribution in [0.25, 0.3) is 0 Å². The second kappa shape index (κ2) is 10.7. The van der Waals surface area contributed by atoms with E-state index in [0.717, 1.165) is 22.8 Å². The van der Waals surface area contributed by atoms with Crippen molar-refractivity contribution in [3.63, 3.8) is 0 Å². The third-order valence-corrected chi connectivity index (χ3v) is 3.08. The Bertz CT molecular complexity index is 726. The molecular weight excluding hydrogens is 395 g/mol. The second-order valence-electron chi connectivity index (χ2n) is 5.23. The smallest absolute Gasteiger partial charge is 0.138 e. The topological polar surface area (TPSA) is 24.4 Å². The Hall–Kier alpha value is -2.00. The molecule has 0 aliphatic carbocycles. The van der Waals surface area contributed by atoms with E-state index < -0.39 is 0 Å². The van der Waals surface area contributed by atoms with Gasteiger partial charge in [-0.2, -0.15) is 0 Å². The molecule has 119 valence electrons. The molecule has 3 heteroatoms. The number of nitrogens with zero attached hydrogens (tertiary/aromatic N) is 1. The number of hydrogen-bond acceptors (Lipinski definition) is 1. The maximum absolute atomic E-state index is 4.73. The molecule has 0 atom stereocenters. The number of nitrogens with one attached hydrogen (secondary N) is 1. The van der Waals surface area contributed by atoms with Gasteiger partial charge in [-0.3, -0.25) is 0 Å². The number of amidine groups is 1. The van der Waals surface area contributed by atoms with E-state index in [1.165, 1.54) is 0 Å². The normalized spacial score (nSPS) is 10.3. The van der Waals surface area contributed by atoms with Gasteiger partial charge in [-0.05, 0) is 24.3 Å². The van der Waals surface area contributed by atoms with Crippen LogP contribution in [0.4, 0.5) is 11.4 Å². The molecule has 0 heterocycles. The van der Waals surface area contributed by atoms with E-state index in [0.29, 0.717) is 0 Å². The molecular formula is C21H22InN2. The van der Waals surface area contributed by atoms with Crippen molar-refractivity contribution in [1.29, 1.82) is 0 Å². The Labute approximate surface area is 156 Å². The summed E-state index contributed by atoms with van der Waals surface area (Å²) in [5.41, 5.74) is 3.01. The minimum Gasteiger partial charge on any atom is -0.340 e. The van der Waals surface area contributed by atoms with Gasteiger partial charge in [0.05, 0.1) is 5.69 Å². The first-order valence-electron chi connectivity index (χ1n) is 8.08. The maximum Gasteiger partial charge on any atom is 0.138 e. The van der Waals surface area contributed by atoms with Crippen molar-refractivity contribution >= 4 is 40.1 Å². The molecule has 0 fully saturated rings. The van der Waals surface area contributed by atoms with Crippen molar-refractivity contribution in [1.82, 2.24) is 0 Å². The number of para-hydroxylation sites is 2. The maximum atomic E-state index is 4.73. The van der Waals surface area contributed by atoms with Gasteiger partial charge in [0.15, 0.2) is 0 Å². The van der Waals surface area contributed by atoms with Crippen molar-refractivity contribution in [2.45, 2.75) is 9.36 Å². The van der Waals surface area contributed by atoms with Gasteiger partial charge in [0.1, 0.15) is 5.84 Å². The molecule has 0 unspecified atom stereocenters. The molecule has 0 saturated heterocycles. The van der Waals surface area contributed by atoms with E-state index in [1.807, 2.05) is 78.9 Å². The summed E-state index contributed by atoms with van der Waals surface area (Å²) in [5.74, 6) is 0.841. The Morgan fingerprint density at radius 3 is 1.71 bits per heavy atom. The van der Waals surface area contributed by atoms with Crippen LogP contribution >= 0.6 is 0 Å². The minimum absolute atomic E-state index is 0.110. The van der Waals surface area contributed by atoms with Crippen molar-refractivity contribution in [3.05, 3.63) is 96.6 Å². The first-order valence-corrected chi connectivity index (χ1v) is 14.7. The van der Waals surface area contributed by atoms with Crippen LogP contribution in [0.15, 0.2) is 96.0 Å². The summed E-state index contributed by atoms with van der Waals surface area (Å²) in [6.07, 6.45) is 0. The van der Waals surface area contributed by atoms with Gasteiger partial charge >= 0.3 is 32.3 Å². The number of anilines is 1. The fourth-order valence-electron chi connectivity index (χ4n) is 2.05. The average molecular weight is 417 g/mol. The van der Waals surface area contributed by atoms with Gasteiger partial charge in [-0.15, -0.1) is 0 Å². The van der Waals surface area contributed by atoms with Crippen LogP contribution in [0.5, 0.6) is 0 Å². The quantitative estimate of drug-likeness (QED) is 0.432. The van der Waals surface area contributed by atoms with Crippen LogP contribution in [-0.4, -0.2) is 28.7 Å². The summed E-state index contributed by atoms with van der Waals surface area (Å²) in [4.78, 5) is 4.73. The van der Waals surface area contributed by atoms with E-state index in [9.17, 15) is 0 Å². The van der Waals surface area contributed by atoms with Crippen LogP contribution in [0.3, 0.4) is 0 Å². The summed E-state index contributed by atoms with van der Waals surface area (Å²) >= 11 is 0.110. The SMILES string of the molecule is [CH3][In][CH3].c1ccc(N=C(Nc2ccccc2)c2ccccc2)cc1. The number of rotatable bonds is 3. The van der Waals surface area contributed by atoms with E-state index in [4.69, 9.17) is 4.99 Å². The number of hydrogen-bond donors (Lipinski definition) is 1. The van der Waals surface area contributed by atoms with Gasteiger partial charge in [0.25, 0.3) is 0 Å². The van der Waals surface area contributed by atoms with Gasteiger partial charge in [0, 0.05) is 11.3 Å². The summed E-state index contributed by atoms with van der Waals surface area (Å²) in [5, 5.41) is 3.39. The molecule has 3 rings (SSSR count). The molecule has 3 aromatic rings. The number of aliphatic imine (C=N–C) groups is 1. The molecule has 24 heavy (non-hydrogen) atoms. The fourth-order valence-corrected chi connectivity index (χ4v) is 2.05. The Morgan fingerprint density at radius 1 is 0.708 bits per heavy atom. The second-order valence-corrected chi connectivity index (χ2v) is 8.53. The molecule has 3 aromatic carbocycles. The van der Waals surface area contributed by atoms with Gasteiger partial charge < -0.3 is 5.32 Å². The first kappa shape index (κ1) is 18.3. The minimum atomic E-state index is 0.110. The van der Waals surface area contributed by atoms with Crippen LogP contribution in [0.2, 0.25) is 9.36 Å². The van der Waals surface area contributed by atoms with E-state index >= 15 is 0 Å². The number of benzene rings is 3. The van der Waals surface area contributed by atoms with Gasteiger partial charge in [0.2, 0.25) is 0 Å². The predicted octanol–water partition coefficient (Wildman–Crippen LogP) is 5.66. The molecule has 1 radical (unpaired) electrons. The monoisotopic (exact) mass is 417 g/mol. The molecule has 0 bridgehead atoms. The molecule has 0 aliphatic rings. The van der Waals surface area contributed by atoms with E-state index in [1.54, 1.807) is 0 Å². The van der Waals surface area contributed by atoms with Crippen LogP contribution in [-0.2, 0) is 0 Å². The van der Waals surface area contributed by atoms with Crippen LogP contribution in [0, 0.1) is 0 Å². The largest absolute Gasteiger partial charge is 0.340 e. The van der Waals surface area contributed by atoms with Crippen molar-refractivity contribution in [3.8, 4) is 0 Å². The zero-order valence-corrected chi connectivity index (χ0v) is 17.5.